The molecule has 0 saturated heterocycles. The molecule has 0 saturated carbocycles. The summed E-state index contributed by atoms with van der Waals surface area (Å²) in [5.41, 5.74) is 4.19. The van der Waals surface area contributed by atoms with Gasteiger partial charge in [0, 0.05) is 5.92 Å². The van der Waals surface area contributed by atoms with Crippen LogP contribution in [0.4, 0.5) is 4.79 Å². The van der Waals surface area contributed by atoms with Gasteiger partial charge in [-0.25, -0.2) is 9.59 Å². The Morgan fingerprint density at radius 1 is 1.30 bits per heavy atom. The molecule has 8 heteroatoms. The standard InChI is InChI=1S/C15H21NO7/c1-4-7-22-13(19)15(16,23-14(20)21-3)9(2)10-5-6-11(17)12(18)8-10/h5-6,8-9,17-18H,4,7,16H2,1-3H3/t9?,15-/m1/s1. The van der Waals surface area contributed by atoms with Crippen molar-refractivity contribution in [3.05, 3.63) is 23.8 Å². The number of carbonyl (C=O) groups excluding carboxylic acids is 2. The molecule has 4 N–H and O–H groups in total. The highest BCUT2D eigenvalue weighted by Crippen LogP contribution is 2.34. The fourth-order valence-electron chi connectivity index (χ4n) is 1.85. The summed E-state index contributed by atoms with van der Waals surface area (Å²) in [6, 6.07) is 3.89. The molecule has 0 bridgehead atoms. The molecule has 0 fully saturated rings. The third-order valence-corrected chi connectivity index (χ3v) is 3.32. The number of ether oxygens (including phenoxy) is 3. The first kappa shape index (κ1) is 18.6. The first-order chi connectivity index (χ1) is 10.8. The molecule has 1 rings (SSSR count). The zero-order valence-corrected chi connectivity index (χ0v) is 13.2. The highest BCUT2D eigenvalue weighted by molar-refractivity contribution is 5.82. The van der Waals surface area contributed by atoms with Crippen LogP contribution in [0.2, 0.25) is 0 Å². The van der Waals surface area contributed by atoms with Crippen molar-refractivity contribution in [1.82, 2.24) is 0 Å². The van der Waals surface area contributed by atoms with Gasteiger partial charge >= 0.3 is 12.1 Å². The maximum Gasteiger partial charge on any atom is 0.510 e. The first-order valence-corrected chi connectivity index (χ1v) is 7.01. The van der Waals surface area contributed by atoms with Crippen LogP contribution in [0, 0.1) is 0 Å². The minimum absolute atomic E-state index is 0.107. The molecule has 0 aliphatic heterocycles. The molecule has 0 amide bonds. The van der Waals surface area contributed by atoms with Crippen molar-refractivity contribution in [2.24, 2.45) is 5.73 Å². The Hall–Kier alpha value is -2.48. The van der Waals surface area contributed by atoms with Crippen LogP contribution in [-0.2, 0) is 19.0 Å². The molecular weight excluding hydrogens is 306 g/mol. The number of esters is 1. The molecule has 1 aromatic rings. The van der Waals surface area contributed by atoms with Crippen molar-refractivity contribution in [2.45, 2.75) is 31.9 Å². The van der Waals surface area contributed by atoms with Crippen molar-refractivity contribution in [3.8, 4) is 11.5 Å². The van der Waals surface area contributed by atoms with Crippen molar-refractivity contribution in [3.63, 3.8) is 0 Å². The third kappa shape index (κ3) is 4.26. The molecule has 0 aliphatic rings. The Morgan fingerprint density at radius 3 is 2.48 bits per heavy atom. The van der Waals surface area contributed by atoms with Crippen LogP contribution in [0.3, 0.4) is 0 Å². The zero-order chi connectivity index (χ0) is 17.6. The summed E-state index contributed by atoms with van der Waals surface area (Å²) in [6.07, 6.45) is -0.579. The fraction of sp³-hybridized carbons (Fsp3) is 0.467. The number of carbonyl (C=O) groups is 2. The minimum Gasteiger partial charge on any atom is -0.504 e. The summed E-state index contributed by atoms with van der Waals surface area (Å²) in [4.78, 5) is 23.7. The molecule has 0 spiro atoms. The van der Waals surface area contributed by atoms with E-state index in [-0.39, 0.29) is 12.4 Å². The minimum atomic E-state index is -2.15. The number of hydrogen-bond acceptors (Lipinski definition) is 8. The average molecular weight is 327 g/mol. The summed E-state index contributed by atoms with van der Waals surface area (Å²) in [5, 5.41) is 18.9. The van der Waals surface area contributed by atoms with Gasteiger partial charge < -0.3 is 24.4 Å². The molecule has 0 radical (unpaired) electrons. The van der Waals surface area contributed by atoms with Gasteiger partial charge in [-0.1, -0.05) is 19.9 Å². The van der Waals surface area contributed by atoms with E-state index >= 15 is 0 Å². The van der Waals surface area contributed by atoms with Gasteiger partial charge in [-0.15, -0.1) is 0 Å². The van der Waals surface area contributed by atoms with E-state index in [0.717, 1.165) is 7.11 Å². The third-order valence-electron chi connectivity index (χ3n) is 3.32. The van der Waals surface area contributed by atoms with E-state index in [1.54, 1.807) is 6.92 Å². The van der Waals surface area contributed by atoms with Crippen molar-refractivity contribution in [1.29, 1.82) is 0 Å². The molecule has 1 unspecified atom stereocenters. The molecular formula is C15H21NO7. The largest absolute Gasteiger partial charge is 0.510 e. The topological polar surface area (TPSA) is 128 Å². The first-order valence-electron chi connectivity index (χ1n) is 7.01. The lowest BCUT2D eigenvalue weighted by Crippen LogP contribution is -2.56. The van der Waals surface area contributed by atoms with Gasteiger partial charge in [-0.3, -0.25) is 5.73 Å². The monoisotopic (exact) mass is 327 g/mol. The number of methoxy groups -OCH3 is 1. The van der Waals surface area contributed by atoms with Crippen LogP contribution < -0.4 is 5.73 Å². The Labute approximate surface area is 133 Å². The fourth-order valence-corrected chi connectivity index (χ4v) is 1.85. The van der Waals surface area contributed by atoms with Gasteiger partial charge in [0.1, 0.15) is 0 Å². The SMILES string of the molecule is CCCOC(=O)[C@](N)(OC(=O)OC)C(C)c1ccc(O)c(O)c1. The second-order valence-corrected chi connectivity index (χ2v) is 4.96. The number of phenols is 2. The van der Waals surface area contributed by atoms with E-state index in [1.165, 1.54) is 25.1 Å². The molecule has 8 nitrogen and oxygen atoms in total. The van der Waals surface area contributed by atoms with E-state index in [4.69, 9.17) is 15.2 Å². The Bertz CT molecular complexity index is 575. The highest BCUT2D eigenvalue weighted by atomic mass is 16.7. The lowest BCUT2D eigenvalue weighted by molar-refractivity contribution is -0.170. The maximum absolute atomic E-state index is 12.3. The number of hydrogen-bond donors (Lipinski definition) is 3. The number of aromatic hydroxyl groups is 2. The van der Waals surface area contributed by atoms with Gasteiger partial charge in [-0.05, 0) is 24.1 Å². The van der Waals surface area contributed by atoms with Crippen LogP contribution in [0.15, 0.2) is 18.2 Å². The van der Waals surface area contributed by atoms with E-state index in [0.29, 0.717) is 12.0 Å². The van der Waals surface area contributed by atoms with Crippen LogP contribution in [0.1, 0.15) is 31.7 Å². The summed E-state index contributed by atoms with van der Waals surface area (Å²) < 4.78 is 14.3. The smallest absolute Gasteiger partial charge is 0.504 e. The van der Waals surface area contributed by atoms with E-state index in [9.17, 15) is 19.8 Å². The quantitative estimate of drug-likeness (QED) is 0.408. The number of rotatable bonds is 6. The predicted octanol–water partition coefficient (Wildman–Crippen LogP) is 1.59. The van der Waals surface area contributed by atoms with Gasteiger partial charge in [0.15, 0.2) is 11.5 Å². The van der Waals surface area contributed by atoms with Gasteiger partial charge in [-0.2, -0.15) is 0 Å². The lowest BCUT2D eigenvalue weighted by Gasteiger charge is -2.32. The summed E-state index contributed by atoms with van der Waals surface area (Å²) in [5.74, 6) is -2.54. The predicted molar refractivity (Wildman–Crippen MR) is 79.8 cm³/mol. The summed E-state index contributed by atoms with van der Waals surface area (Å²) in [6.45, 7) is 3.42. The van der Waals surface area contributed by atoms with E-state index in [2.05, 4.69) is 4.74 Å². The Kier molecular flexibility index (Phi) is 6.20. The molecule has 0 heterocycles. The number of benzene rings is 1. The van der Waals surface area contributed by atoms with Gasteiger partial charge in [0.25, 0.3) is 5.72 Å². The van der Waals surface area contributed by atoms with Crippen molar-refractivity contribution < 1.29 is 34.0 Å². The van der Waals surface area contributed by atoms with Crippen molar-refractivity contribution >= 4 is 12.1 Å². The van der Waals surface area contributed by atoms with Crippen LogP contribution >= 0.6 is 0 Å². The molecule has 2 atom stereocenters. The van der Waals surface area contributed by atoms with Crippen LogP contribution in [0.25, 0.3) is 0 Å². The number of phenolic OH excluding ortho intramolecular Hbond substituents is 2. The van der Waals surface area contributed by atoms with Crippen LogP contribution in [-0.4, -0.2) is 41.8 Å². The van der Waals surface area contributed by atoms with E-state index < -0.39 is 29.5 Å². The lowest BCUT2D eigenvalue weighted by atomic mass is 9.90. The maximum atomic E-state index is 12.3. The Balaban J connectivity index is 3.17. The molecule has 0 aliphatic carbocycles. The molecule has 1 aromatic carbocycles. The summed E-state index contributed by atoms with van der Waals surface area (Å²) >= 11 is 0. The van der Waals surface area contributed by atoms with Gasteiger partial charge in [0.2, 0.25) is 0 Å². The zero-order valence-electron chi connectivity index (χ0n) is 13.2. The molecule has 128 valence electrons. The highest BCUT2D eigenvalue weighted by Gasteiger charge is 2.47. The molecule has 23 heavy (non-hydrogen) atoms. The van der Waals surface area contributed by atoms with Crippen molar-refractivity contribution in [2.75, 3.05) is 13.7 Å². The molecule has 0 aromatic heterocycles. The average Bonchev–Trinajstić information content (AvgIpc) is 2.53. The van der Waals surface area contributed by atoms with E-state index in [1.807, 2.05) is 0 Å². The second-order valence-electron chi connectivity index (χ2n) is 4.96. The second kappa shape index (κ2) is 7.68. The number of nitrogens with two attached hydrogens (primary N) is 1. The summed E-state index contributed by atoms with van der Waals surface area (Å²) in [7, 11) is 1.08. The van der Waals surface area contributed by atoms with Gasteiger partial charge in [0.05, 0.1) is 13.7 Å². The Morgan fingerprint density at radius 2 is 1.96 bits per heavy atom. The normalized spacial score (nSPS) is 14.4. The van der Waals surface area contributed by atoms with Crippen LogP contribution in [0.5, 0.6) is 11.5 Å².